The first-order valence-electron chi connectivity index (χ1n) is 14.3. The molecule has 0 aromatic rings. The number of cyclic esters (lactones) is 1. The molecule has 9 atom stereocenters. The molecule has 0 saturated heterocycles. The van der Waals surface area contributed by atoms with E-state index in [4.69, 9.17) is 18.9 Å². The lowest BCUT2D eigenvalue weighted by molar-refractivity contribution is -0.149. The van der Waals surface area contributed by atoms with Crippen LogP contribution < -0.4 is 0 Å². The minimum Gasteiger partial charge on any atom is -0.456 e. The third kappa shape index (κ3) is 8.77. The molecule has 4 rings (SSSR count). The standard InChI is InChI=1S/C32H46O6/c1-21-13-14-36-26(16-21)11-12-30(35-4)31-20-24-19-28(24)29(33)18-23(3)15-22(2)17-27-9-5-7-25(37-27)8-6-10-32(34)38-31/h5-7,10-13,22,24-31,33H,3,8-9,14-20H2,1-2,4H3/b10-6-,12-11+/t22-,24-,25-,26+,27-,28+,29-,30-,31-/m0/s1. The molecular weight excluding hydrogens is 480 g/mol. The molecule has 0 spiro atoms. The van der Waals surface area contributed by atoms with E-state index in [2.05, 4.69) is 38.7 Å². The topological polar surface area (TPSA) is 74.2 Å². The number of fused-ring (bicyclic) bond motifs is 3. The van der Waals surface area contributed by atoms with Gasteiger partial charge >= 0.3 is 5.97 Å². The second kappa shape index (κ2) is 13.9. The number of esters is 1. The average molecular weight is 527 g/mol. The van der Waals surface area contributed by atoms with E-state index in [0.29, 0.717) is 31.8 Å². The number of rotatable bonds is 4. The minimum absolute atomic E-state index is 0.0104. The Labute approximate surface area is 228 Å². The second-order valence-corrected chi connectivity index (χ2v) is 11.7. The van der Waals surface area contributed by atoms with Crippen LogP contribution in [-0.4, -0.2) is 61.4 Å². The van der Waals surface area contributed by atoms with Crippen molar-refractivity contribution in [3.05, 3.63) is 60.3 Å². The smallest absolute Gasteiger partial charge is 0.330 e. The zero-order valence-electron chi connectivity index (χ0n) is 23.3. The number of carbonyl (C=O) groups excluding carboxylic acids is 1. The fraction of sp³-hybridized carbons (Fsp3) is 0.656. The first-order chi connectivity index (χ1) is 18.3. The van der Waals surface area contributed by atoms with Gasteiger partial charge in [0.1, 0.15) is 12.2 Å². The fourth-order valence-electron chi connectivity index (χ4n) is 6.10. The van der Waals surface area contributed by atoms with Gasteiger partial charge in [-0.2, -0.15) is 0 Å². The van der Waals surface area contributed by atoms with E-state index in [9.17, 15) is 9.90 Å². The molecular formula is C32H46O6. The summed E-state index contributed by atoms with van der Waals surface area (Å²) in [6, 6.07) is 0. The average Bonchev–Trinajstić information content (AvgIpc) is 3.63. The van der Waals surface area contributed by atoms with Gasteiger partial charge in [0, 0.05) is 13.2 Å². The molecule has 1 saturated carbocycles. The first-order valence-corrected chi connectivity index (χ1v) is 14.3. The van der Waals surface area contributed by atoms with Crippen molar-refractivity contribution in [2.45, 2.75) is 102 Å². The minimum atomic E-state index is -0.451. The van der Waals surface area contributed by atoms with Gasteiger partial charge in [-0.1, -0.05) is 61.1 Å². The molecule has 210 valence electrons. The predicted molar refractivity (Wildman–Crippen MR) is 148 cm³/mol. The molecule has 1 N–H and O–H groups in total. The van der Waals surface area contributed by atoms with E-state index in [0.717, 1.165) is 37.7 Å². The largest absolute Gasteiger partial charge is 0.456 e. The van der Waals surface area contributed by atoms with Crippen molar-refractivity contribution in [3.8, 4) is 0 Å². The normalized spacial score (nSPS) is 38.9. The number of aliphatic hydroxyl groups excluding tert-OH is 1. The van der Waals surface area contributed by atoms with Crippen LogP contribution in [0.25, 0.3) is 0 Å². The van der Waals surface area contributed by atoms with Gasteiger partial charge in [-0.05, 0) is 76.0 Å². The lowest BCUT2D eigenvalue weighted by Gasteiger charge is -2.28. The van der Waals surface area contributed by atoms with Crippen LogP contribution in [0.5, 0.6) is 0 Å². The summed E-state index contributed by atoms with van der Waals surface area (Å²) >= 11 is 0. The van der Waals surface area contributed by atoms with Gasteiger partial charge in [-0.15, -0.1) is 0 Å². The molecule has 0 radical (unpaired) electrons. The summed E-state index contributed by atoms with van der Waals surface area (Å²) in [7, 11) is 1.64. The van der Waals surface area contributed by atoms with Crippen molar-refractivity contribution >= 4 is 5.97 Å². The summed E-state index contributed by atoms with van der Waals surface area (Å²) in [5.74, 6) is 0.546. The van der Waals surface area contributed by atoms with E-state index >= 15 is 0 Å². The lowest BCUT2D eigenvalue weighted by atomic mass is 9.90. The molecule has 3 heterocycles. The quantitative estimate of drug-likeness (QED) is 0.378. The van der Waals surface area contributed by atoms with Gasteiger partial charge in [-0.3, -0.25) is 0 Å². The molecule has 38 heavy (non-hydrogen) atoms. The van der Waals surface area contributed by atoms with E-state index in [-0.39, 0.29) is 36.1 Å². The van der Waals surface area contributed by atoms with Crippen molar-refractivity contribution in [1.29, 1.82) is 0 Å². The summed E-state index contributed by atoms with van der Waals surface area (Å²) in [6.07, 6.45) is 19.0. The Kier molecular flexibility index (Phi) is 10.6. The first kappa shape index (κ1) is 29.0. The second-order valence-electron chi connectivity index (χ2n) is 11.7. The van der Waals surface area contributed by atoms with Gasteiger partial charge in [0.25, 0.3) is 0 Å². The third-order valence-electron chi connectivity index (χ3n) is 8.23. The van der Waals surface area contributed by atoms with Crippen molar-refractivity contribution < 1.29 is 28.8 Å². The Morgan fingerprint density at radius 3 is 2.79 bits per heavy atom. The molecule has 4 aliphatic rings. The Morgan fingerprint density at radius 2 is 2.00 bits per heavy atom. The number of ether oxygens (including phenoxy) is 4. The van der Waals surface area contributed by atoms with Crippen LogP contribution in [0.2, 0.25) is 0 Å². The van der Waals surface area contributed by atoms with Crippen molar-refractivity contribution in [1.82, 2.24) is 0 Å². The van der Waals surface area contributed by atoms with Crippen LogP contribution in [0.1, 0.15) is 65.2 Å². The Hall–Kier alpha value is -1.99. The summed E-state index contributed by atoms with van der Waals surface area (Å²) in [5.41, 5.74) is 2.40. The van der Waals surface area contributed by atoms with Crippen molar-refractivity contribution in [3.63, 3.8) is 0 Å². The number of hydrogen-bond acceptors (Lipinski definition) is 6. The van der Waals surface area contributed by atoms with Gasteiger partial charge in [0.15, 0.2) is 0 Å². The van der Waals surface area contributed by atoms with Crippen molar-refractivity contribution in [2.75, 3.05) is 13.7 Å². The highest BCUT2D eigenvalue weighted by molar-refractivity contribution is 5.82. The predicted octanol–water partition coefficient (Wildman–Crippen LogP) is 5.63. The molecule has 2 bridgehead atoms. The summed E-state index contributed by atoms with van der Waals surface area (Å²) in [5, 5.41) is 11.0. The fourth-order valence-corrected chi connectivity index (χ4v) is 6.10. The van der Waals surface area contributed by atoms with Crippen LogP contribution in [0, 0.1) is 17.8 Å². The Morgan fingerprint density at radius 1 is 1.16 bits per heavy atom. The van der Waals surface area contributed by atoms with Gasteiger partial charge in [0.2, 0.25) is 0 Å². The van der Waals surface area contributed by atoms with E-state index in [1.165, 1.54) is 11.6 Å². The maximum Gasteiger partial charge on any atom is 0.330 e. The molecule has 3 aliphatic heterocycles. The van der Waals surface area contributed by atoms with Gasteiger partial charge in [-0.25, -0.2) is 4.79 Å². The molecule has 0 aromatic carbocycles. The maximum absolute atomic E-state index is 12.9. The number of aliphatic hydroxyl groups is 1. The van der Waals surface area contributed by atoms with E-state index < -0.39 is 18.3 Å². The lowest BCUT2D eigenvalue weighted by Crippen LogP contribution is -2.32. The van der Waals surface area contributed by atoms with E-state index in [1.54, 1.807) is 7.11 Å². The molecule has 0 unspecified atom stereocenters. The molecule has 6 heteroatoms. The highest BCUT2D eigenvalue weighted by Crippen LogP contribution is 2.47. The zero-order chi connectivity index (χ0) is 27.1. The summed E-state index contributed by atoms with van der Waals surface area (Å²) in [4.78, 5) is 12.9. The molecule has 6 nitrogen and oxygen atoms in total. The van der Waals surface area contributed by atoms with Crippen LogP contribution >= 0.6 is 0 Å². The SMILES string of the molecule is C=C1C[C@H](C)C[C@@H]2CC=C[C@@H](C/C=C\C(=O)O[C@H]([C@H](/C=C/[C@@H]3CC(C)=CCO3)OC)C[C@@H]3C[C@H]3[C@@H](O)C1)O2. The zero-order valence-corrected chi connectivity index (χ0v) is 23.3. The molecule has 1 aliphatic carbocycles. The van der Waals surface area contributed by atoms with Crippen molar-refractivity contribution in [2.24, 2.45) is 17.8 Å². The number of methoxy groups -OCH3 is 1. The highest BCUT2D eigenvalue weighted by atomic mass is 16.6. The molecule has 0 aromatic heterocycles. The van der Waals surface area contributed by atoms with Crippen LogP contribution in [0.3, 0.4) is 0 Å². The third-order valence-corrected chi connectivity index (χ3v) is 8.23. The number of hydrogen-bond donors (Lipinski definition) is 1. The summed E-state index contributed by atoms with van der Waals surface area (Å²) < 4.78 is 23.9. The molecule has 0 amide bonds. The summed E-state index contributed by atoms with van der Waals surface area (Å²) in [6.45, 7) is 9.23. The monoisotopic (exact) mass is 526 g/mol. The number of carbonyl (C=O) groups is 1. The van der Waals surface area contributed by atoms with Crippen LogP contribution in [0.15, 0.2) is 60.3 Å². The Bertz CT molecular complexity index is 932. The Balaban J connectivity index is 1.47. The van der Waals surface area contributed by atoms with Gasteiger partial charge < -0.3 is 24.1 Å². The van der Waals surface area contributed by atoms with E-state index in [1.807, 2.05) is 18.2 Å². The van der Waals surface area contributed by atoms with Crippen LogP contribution in [0.4, 0.5) is 0 Å². The van der Waals surface area contributed by atoms with Gasteiger partial charge in [0.05, 0.1) is 31.0 Å². The molecule has 1 fully saturated rings. The van der Waals surface area contributed by atoms with Crippen LogP contribution in [-0.2, 0) is 23.7 Å². The highest BCUT2D eigenvalue weighted by Gasteiger charge is 2.45. The maximum atomic E-state index is 12.9.